The van der Waals surface area contributed by atoms with Crippen LogP contribution < -0.4 is 14.7 Å². The van der Waals surface area contributed by atoms with Gasteiger partial charge in [0.1, 0.15) is 5.92 Å². The number of fused-ring (bicyclic) bond motifs is 1. The average Bonchev–Trinajstić information content (AvgIpc) is 3.35. The smallest absolute Gasteiger partial charge is 0.266 e. The van der Waals surface area contributed by atoms with Crippen LogP contribution in [0.1, 0.15) is 18.5 Å². The predicted molar refractivity (Wildman–Crippen MR) is 136 cm³/mol. The molecule has 0 aromatic heterocycles. The summed E-state index contributed by atoms with van der Waals surface area (Å²) in [5.41, 5.74) is 1.63. The lowest BCUT2D eigenvalue weighted by molar-refractivity contribution is -0.126. The van der Waals surface area contributed by atoms with Gasteiger partial charge in [0.15, 0.2) is 17.6 Å². The molecule has 0 spiro atoms. The summed E-state index contributed by atoms with van der Waals surface area (Å²) >= 11 is 15.6. The maximum Gasteiger partial charge on any atom is 0.266 e. The molecule has 180 valence electrons. The Morgan fingerprint density at radius 3 is 2.43 bits per heavy atom. The van der Waals surface area contributed by atoms with Gasteiger partial charge < -0.3 is 9.84 Å². The number of hydrogen-bond donors (Lipinski definition) is 1. The van der Waals surface area contributed by atoms with Gasteiger partial charge in [0.05, 0.1) is 38.5 Å². The first kappa shape index (κ1) is 23.9. The fourth-order valence-corrected chi connectivity index (χ4v) is 5.21. The minimum atomic E-state index is -1.05. The standard InChI is InChI=1S/C25H19BrCl2N2O5/c1-2-34-19-11-13(10-16(26)22(19)31)21-20-23(35-30(21)14-6-4-3-5-7-14)25(33)29(24(20)32)15-8-9-17(27)18(28)12-15/h3-12,20-21,23,31H,2H2,1H3/t20-,21-,23-/m0/s1. The van der Waals surface area contributed by atoms with Gasteiger partial charge in [-0.05, 0) is 70.9 Å². The molecule has 1 N–H and O–H groups in total. The molecule has 2 fully saturated rings. The molecule has 3 aromatic carbocycles. The van der Waals surface area contributed by atoms with E-state index in [2.05, 4.69) is 15.9 Å². The summed E-state index contributed by atoms with van der Waals surface area (Å²) in [4.78, 5) is 34.4. The van der Waals surface area contributed by atoms with E-state index in [0.717, 1.165) is 4.90 Å². The molecule has 2 aliphatic rings. The second-order valence-corrected chi connectivity index (χ2v) is 9.72. The number of aromatic hydroxyl groups is 1. The summed E-state index contributed by atoms with van der Waals surface area (Å²) in [5.74, 6) is -1.58. The third-order valence-electron chi connectivity index (χ3n) is 5.98. The van der Waals surface area contributed by atoms with Crippen LogP contribution in [-0.4, -0.2) is 29.6 Å². The number of rotatable bonds is 5. The van der Waals surface area contributed by atoms with E-state index in [-0.39, 0.29) is 16.5 Å². The number of phenols is 1. The molecular weight excluding hydrogens is 559 g/mol. The molecule has 0 unspecified atom stereocenters. The third-order valence-corrected chi connectivity index (χ3v) is 7.32. The topological polar surface area (TPSA) is 79.3 Å². The Bertz CT molecular complexity index is 1320. The maximum absolute atomic E-state index is 13.7. The van der Waals surface area contributed by atoms with Crippen LogP contribution in [-0.2, 0) is 14.4 Å². The number of anilines is 2. The van der Waals surface area contributed by atoms with Gasteiger partial charge in [-0.2, -0.15) is 0 Å². The van der Waals surface area contributed by atoms with Crippen molar-refractivity contribution in [3.63, 3.8) is 0 Å². The van der Waals surface area contributed by atoms with Gasteiger partial charge in [0.25, 0.3) is 5.91 Å². The average molecular weight is 578 g/mol. The first-order valence-electron chi connectivity index (χ1n) is 10.8. The van der Waals surface area contributed by atoms with Gasteiger partial charge in [0.2, 0.25) is 5.91 Å². The Hall–Kier alpha value is -2.78. The van der Waals surface area contributed by atoms with E-state index in [9.17, 15) is 14.7 Å². The van der Waals surface area contributed by atoms with Crippen molar-refractivity contribution in [3.8, 4) is 11.5 Å². The quantitative estimate of drug-likeness (QED) is 0.380. The van der Waals surface area contributed by atoms with Gasteiger partial charge in [0, 0.05) is 0 Å². The minimum Gasteiger partial charge on any atom is -0.503 e. The van der Waals surface area contributed by atoms with Gasteiger partial charge >= 0.3 is 0 Å². The molecule has 2 amide bonds. The zero-order valence-corrected chi connectivity index (χ0v) is 21.4. The molecule has 5 rings (SSSR count). The summed E-state index contributed by atoms with van der Waals surface area (Å²) in [7, 11) is 0. The van der Waals surface area contributed by atoms with E-state index in [4.69, 9.17) is 32.8 Å². The molecule has 35 heavy (non-hydrogen) atoms. The Balaban J connectivity index is 1.62. The van der Waals surface area contributed by atoms with E-state index >= 15 is 0 Å². The van der Waals surface area contributed by atoms with Crippen LogP contribution in [0.4, 0.5) is 11.4 Å². The lowest BCUT2D eigenvalue weighted by Crippen LogP contribution is -2.37. The highest BCUT2D eigenvalue weighted by Crippen LogP contribution is 2.50. The maximum atomic E-state index is 13.7. The number of hydroxylamine groups is 1. The second-order valence-electron chi connectivity index (χ2n) is 8.05. The number of phenolic OH excluding ortho intramolecular Hbond substituents is 1. The summed E-state index contributed by atoms with van der Waals surface area (Å²) < 4.78 is 6.00. The molecule has 10 heteroatoms. The van der Waals surface area contributed by atoms with Crippen molar-refractivity contribution >= 4 is 62.3 Å². The number of nitrogens with zero attached hydrogens (tertiary/aromatic N) is 2. The van der Waals surface area contributed by atoms with E-state index in [1.54, 1.807) is 30.2 Å². The number of carbonyl (C=O) groups excluding carboxylic acids is 2. The first-order valence-corrected chi connectivity index (χ1v) is 12.4. The van der Waals surface area contributed by atoms with E-state index in [1.165, 1.54) is 12.1 Å². The number of amides is 2. The lowest BCUT2D eigenvalue weighted by Gasteiger charge is -2.29. The molecule has 3 atom stereocenters. The summed E-state index contributed by atoms with van der Waals surface area (Å²) in [5, 5.41) is 12.6. The van der Waals surface area contributed by atoms with Crippen LogP contribution in [0, 0.1) is 5.92 Å². The van der Waals surface area contributed by atoms with Gasteiger partial charge in [-0.25, -0.2) is 9.96 Å². The first-order chi connectivity index (χ1) is 16.8. The van der Waals surface area contributed by atoms with Crippen LogP contribution >= 0.6 is 39.1 Å². The summed E-state index contributed by atoms with van der Waals surface area (Å²) in [6.07, 6.45) is -1.05. The monoisotopic (exact) mass is 576 g/mol. The molecular formula is C25H19BrCl2N2O5. The van der Waals surface area contributed by atoms with Gasteiger partial charge in [-0.15, -0.1) is 0 Å². The number of imide groups is 1. The zero-order valence-electron chi connectivity index (χ0n) is 18.3. The van der Waals surface area contributed by atoms with Crippen molar-refractivity contribution in [2.75, 3.05) is 16.6 Å². The van der Waals surface area contributed by atoms with Crippen molar-refractivity contribution in [1.29, 1.82) is 0 Å². The normalized spacial score (nSPS) is 21.5. The van der Waals surface area contributed by atoms with Crippen molar-refractivity contribution in [3.05, 3.63) is 80.7 Å². The summed E-state index contributed by atoms with van der Waals surface area (Å²) in [6.45, 7) is 2.14. The van der Waals surface area contributed by atoms with E-state index in [0.29, 0.717) is 33.0 Å². The molecule has 2 saturated heterocycles. The third kappa shape index (κ3) is 4.04. The Morgan fingerprint density at radius 2 is 1.74 bits per heavy atom. The number of benzene rings is 3. The van der Waals surface area contributed by atoms with Crippen LogP contribution in [0.3, 0.4) is 0 Å². The number of para-hydroxylation sites is 1. The zero-order chi connectivity index (χ0) is 24.9. The summed E-state index contributed by atoms with van der Waals surface area (Å²) in [6, 6.07) is 16.5. The highest BCUT2D eigenvalue weighted by molar-refractivity contribution is 9.10. The SMILES string of the molecule is CCOc1cc([C@H]2[C@@H]3C(=O)N(c4ccc(Cl)c(Cl)c4)C(=O)[C@H]3ON2c2ccccc2)cc(Br)c1O. The molecule has 0 saturated carbocycles. The lowest BCUT2D eigenvalue weighted by atomic mass is 9.90. The van der Waals surface area contributed by atoms with E-state index < -0.39 is 29.9 Å². The number of hydrogen-bond acceptors (Lipinski definition) is 6. The highest BCUT2D eigenvalue weighted by Gasteiger charge is 2.60. The number of ether oxygens (including phenoxy) is 1. The number of halogens is 3. The largest absolute Gasteiger partial charge is 0.503 e. The van der Waals surface area contributed by atoms with Crippen LogP contribution in [0.5, 0.6) is 11.5 Å². The van der Waals surface area contributed by atoms with Crippen molar-refractivity contribution < 1.29 is 24.3 Å². The Labute approximate surface area is 219 Å². The molecule has 2 aliphatic heterocycles. The van der Waals surface area contributed by atoms with E-state index in [1.807, 2.05) is 30.3 Å². The molecule has 0 bridgehead atoms. The predicted octanol–water partition coefficient (Wildman–Crippen LogP) is 5.91. The fourth-order valence-electron chi connectivity index (χ4n) is 4.46. The van der Waals surface area contributed by atoms with Gasteiger partial charge in [-0.1, -0.05) is 41.4 Å². The van der Waals surface area contributed by atoms with Crippen LogP contribution in [0.2, 0.25) is 10.0 Å². The Morgan fingerprint density at radius 1 is 1.00 bits per heavy atom. The minimum absolute atomic E-state index is 0.0522. The molecule has 0 radical (unpaired) electrons. The highest BCUT2D eigenvalue weighted by atomic mass is 79.9. The van der Waals surface area contributed by atoms with Crippen molar-refractivity contribution in [2.45, 2.75) is 19.1 Å². The molecule has 2 heterocycles. The number of carbonyl (C=O) groups is 2. The van der Waals surface area contributed by atoms with Crippen molar-refractivity contribution in [1.82, 2.24) is 0 Å². The molecule has 7 nitrogen and oxygen atoms in total. The molecule has 3 aromatic rings. The Kier molecular flexibility index (Phi) is 6.40. The van der Waals surface area contributed by atoms with Crippen LogP contribution in [0.15, 0.2) is 65.1 Å². The second kappa shape index (κ2) is 9.35. The van der Waals surface area contributed by atoms with Crippen LogP contribution in [0.25, 0.3) is 0 Å². The fraction of sp³-hybridized carbons (Fsp3) is 0.200. The van der Waals surface area contributed by atoms with Gasteiger partial charge in [-0.3, -0.25) is 14.4 Å². The van der Waals surface area contributed by atoms with Crippen molar-refractivity contribution in [2.24, 2.45) is 5.92 Å². The molecule has 0 aliphatic carbocycles.